The molecule has 0 atom stereocenters. The van der Waals surface area contributed by atoms with Crippen molar-refractivity contribution in [3.05, 3.63) is 90.0 Å². The van der Waals surface area contributed by atoms with Crippen LogP contribution in [0.15, 0.2) is 78.9 Å². The summed E-state index contributed by atoms with van der Waals surface area (Å²) < 4.78 is 5.61. The van der Waals surface area contributed by atoms with Crippen LogP contribution in [-0.4, -0.2) is 5.97 Å². The van der Waals surface area contributed by atoms with Gasteiger partial charge in [-0.1, -0.05) is 78.4 Å². The molecule has 3 aromatic carbocycles. The van der Waals surface area contributed by atoms with Gasteiger partial charge in [0, 0.05) is 12.0 Å². The van der Waals surface area contributed by atoms with Crippen LogP contribution in [0.5, 0.6) is 5.75 Å². The Morgan fingerprint density at radius 2 is 1.50 bits per heavy atom. The minimum atomic E-state index is -0.209. The van der Waals surface area contributed by atoms with Gasteiger partial charge in [-0.2, -0.15) is 0 Å². The number of hydrogen-bond acceptors (Lipinski definition) is 2. The van der Waals surface area contributed by atoms with Gasteiger partial charge < -0.3 is 4.74 Å². The van der Waals surface area contributed by atoms with Crippen LogP contribution in [0.3, 0.4) is 0 Å². The van der Waals surface area contributed by atoms with Crippen LogP contribution in [0.1, 0.15) is 17.5 Å². The third-order valence-electron chi connectivity index (χ3n) is 3.93. The van der Waals surface area contributed by atoms with Crippen LogP contribution in [-0.2, 0) is 11.2 Å². The number of carbonyl (C=O) groups is 1. The van der Waals surface area contributed by atoms with E-state index in [9.17, 15) is 4.79 Å². The molecule has 0 amide bonds. The molecule has 0 aromatic heterocycles. The van der Waals surface area contributed by atoms with Crippen molar-refractivity contribution in [1.82, 2.24) is 0 Å². The first-order valence-electron chi connectivity index (χ1n) is 8.13. The molecule has 0 aliphatic carbocycles. The van der Waals surface area contributed by atoms with Crippen LogP contribution in [0.4, 0.5) is 0 Å². The molecule has 2 nitrogen and oxygen atoms in total. The Kier molecular flexibility index (Phi) is 5.07. The van der Waals surface area contributed by atoms with Gasteiger partial charge >= 0.3 is 5.97 Å². The number of hydrogen-bond donors (Lipinski definition) is 0. The molecular formula is C22H20O2. The first kappa shape index (κ1) is 16.0. The van der Waals surface area contributed by atoms with Gasteiger partial charge in [0.05, 0.1) is 0 Å². The third-order valence-corrected chi connectivity index (χ3v) is 3.93. The van der Waals surface area contributed by atoms with Crippen molar-refractivity contribution in [3.63, 3.8) is 0 Å². The van der Waals surface area contributed by atoms with E-state index in [1.807, 2.05) is 54.6 Å². The van der Waals surface area contributed by atoms with E-state index in [4.69, 9.17) is 4.74 Å². The van der Waals surface area contributed by atoms with E-state index in [1.54, 1.807) is 0 Å². The molecule has 0 saturated carbocycles. The Morgan fingerprint density at radius 1 is 0.833 bits per heavy atom. The summed E-state index contributed by atoms with van der Waals surface area (Å²) in [5.74, 6) is 0.400. The average molecular weight is 316 g/mol. The van der Waals surface area contributed by atoms with Gasteiger partial charge in [-0.3, -0.25) is 4.79 Å². The number of esters is 1. The highest BCUT2D eigenvalue weighted by Crippen LogP contribution is 2.29. The van der Waals surface area contributed by atoms with Gasteiger partial charge in [-0.05, 0) is 30.5 Å². The zero-order valence-corrected chi connectivity index (χ0v) is 13.7. The predicted octanol–water partition coefficient (Wildman–Crippen LogP) is 5.20. The molecule has 0 aliphatic heterocycles. The zero-order valence-electron chi connectivity index (χ0n) is 13.7. The molecule has 0 fully saturated rings. The lowest BCUT2D eigenvalue weighted by atomic mass is 10.0. The monoisotopic (exact) mass is 316 g/mol. The summed E-state index contributed by atoms with van der Waals surface area (Å²) in [4.78, 5) is 12.2. The summed E-state index contributed by atoms with van der Waals surface area (Å²) >= 11 is 0. The minimum absolute atomic E-state index is 0.209. The van der Waals surface area contributed by atoms with E-state index in [0.29, 0.717) is 18.6 Å². The molecule has 0 spiro atoms. The quantitative estimate of drug-likeness (QED) is 0.477. The maximum atomic E-state index is 12.2. The number of benzene rings is 3. The normalized spacial score (nSPS) is 10.4. The van der Waals surface area contributed by atoms with E-state index < -0.39 is 0 Å². The third kappa shape index (κ3) is 4.11. The molecule has 24 heavy (non-hydrogen) atoms. The van der Waals surface area contributed by atoms with E-state index >= 15 is 0 Å². The Morgan fingerprint density at radius 3 is 2.25 bits per heavy atom. The SMILES string of the molecule is Cc1ccc(CCC(=O)Oc2ccccc2-c2ccccc2)cc1. The standard InChI is InChI=1S/C22H20O2/c1-17-11-13-18(14-12-17)15-16-22(23)24-21-10-6-5-9-20(21)19-7-3-2-4-8-19/h2-14H,15-16H2,1H3. The number of para-hydroxylation sites is 1. The molecule has 0 N–H and O–H groups in total. The Balaban J connectivity index is 1.67. The van der Waals surface area contributed by atoms with Crippen LogP contribution in [0.2, 0.25) is 0 Å². The zero-order chi connectivity index (χ0) is 16.8. The van der Waals surface area contributed by atoms with E-state index in [2.05, 4.69) is 31.2 Å². The maximum Gasteiger partial charge on any atom is 0.311 e. The first-order valence-corrected chi connectivity index (χ1v) is 8.13. The highest BCUT2D eigenvalue weighted by molar-refractivity contribution is 5.78. The smallest absolute Gasteiger partial charge is 0.311 e. The molecule has 3 rings (SSSR count). The predicted molar refractivity (Wildman–Crippen MR) is 97.0 cm³/mol. The number of carbonyl (C=O) groups excluding carboxylic acids is 1. The lowest BCUT2D eigenvalue weighted by molar-refractivity contribution is -0.134. The van der Waals surface area contributed by atoms with Gasteiger partial charge in [0.1, 0.15) is 5.75 Å². The van der Waals surface area contributed by atoms with Crippen LogP contribution in [0, 0.1) is 6.92 Å². The Bertz CT molecular complexity index is 805. The van der Waals surface area contributed by atoms with E-state index in [-0.39, 0.29) is 5.97 Å². The lowest BCUT2D eigenvalue weighted by Crippen LogP contribution is -2.09. The second-order valence-corrected chi connectivity index (χ2v) is 5.82. The maximum absolute atomic E-state index is 12.2. The summed E-state index contributed by atoms with van der Waals surface area (Å²) in [7, 11) is 0. The molecule has 0 aliphatic rings. The van der Waals surface area contributed by atoms with Crippen LogP contribution < -0.4 is 4.74 Å². The fourth-order valence-corrected chi connectivity index (χ4v) is 2.59. The fourth-order valence-electron chi connectivity index (χ4n) is 2.59. The second-order valence-electron chi connectivity index (χ2n) is 5.82. The minimum Gasteiger partial charge on any atom is -0.426 e. The highest BCUT2D eigenvalue weighted by Gasteiger charge is 2.10. The van der Waals surface area contributed by atoms with Gasteiger partial charge in [-0.25, -0.2) is 0 Å². The van der Waals surface area contributed by atoms with Gasteiger partial charge in [0.15, 0.2) is 0 Å². The van der Waals surface area contributed by atoms with Crippen molar-refractivity contribution in [2.75, 3.05) is 0 Å². The number of aryl methyl sites for hydroxylation is 2. The summed E-state index contributed by atoms with van der Waals surface area (Å²) in [5.41, 5.74) is 4.34. The summed E-state index contributed by atoms with van der Waals surface area (Å²) in [6.45, 7) is 2.05. The summed E-state index contributed by atoms with van der Waals surface area (Å²) in [5, 5.41) is 0. The largest absolute Gasteiger partial charge is 0.426 e. The summed E-state index contributed by atoms with van der Waals surface area (Å²) in [6.07, 6.45) is 1.05. The number of rotatable bonds is 5. The average Bonchev–Trinajstić information content (AvgIpc) is 2.62. The molecule has 3 aromatic rings. The molecular weight excluding hydrogens is 296 g/mol. The fraction of sp³-hybridized carbons (Fsp3) is 0.136. The van der Waals surface area contributed by atoms with Crippen molar-refractivity contribution in [3.8, 4) is 16.9 Å². The summed E-state index contributed by atoms with van der Waals surface area (Å²) in [6, 6.07) is 25.8. The van der Waals surface area contributed by atoms with Gasteiger partial charge in [-0.15, -0.1) is 0 Å². The van der Waals surface area contributed by atoms with Crippen molar-refractivity contribution < 1.29 is 9.53 Å². The topological polar surface area (TPSA) is 26.3 Å². The molecule has 2 heteroatoms. The van der Waals surface area contributed by atoms with E-state index in [0.717, 1.165) is 16.7 Å². The highest BCUT2D eigenvalue weighted by atomic mass is 16.5. The lowest BCUT2D eigenvalue weighted by Gasteiger charge is -2.10. The second kappa shape index (κ2) is 7.60. The van der Waals surface area contributed by atoms with Gasteiger partial charge in [0.2, 0.25) is 0 Å². The van der Waals surface area contributed by atoms with Crippen molar-refractivity contribution in [2.45, 2.75) is 19.8 Å². The van der Waals surface area contributed by atoms with E-state index in [1.165, 1.54) is 5.56 Å². The van der Waals surface area contributed by atoms with Crippen LogP contribution in [0.25, 0.3) is 11.1 Å². The molecule has 0 saturated heterocycles. The molecule has 0 bridgehead atoms. The first-order chi connectivity index (χ1) is 11.7. The van der Waals surface area contributed by atoms with Crippen LogP contribution >= 0.6 is 0 Å². The molecule has 0 radical (unpaired) electrons. The van der Waals surface area contributed by atoms with Gasteiger partial charge in [0.25, 0.3) is 0 Å². The van der Waals surface area contributed by atoms with Crippen molar-refractivity contribution in [1.29, 1.82) is 0 Å². The number of ether oxygens (including phenoxy) is 1. The van der Waals surface area contributed by atoms with Crippen molar-refractivity contribution >= 4 is 5.97 Å². The molecule has 0 unspecified atom stereocenters. The Hall–Kier alpha value is -2.87. The van der Waals surface area contributed by atoms with Crippen molar-refractivity contribution in [2.24, 2.45) is 0 Å². The Labute approximate surface area is 142 Å². The molecule has 120 valence electrons. The molecule has 0 heterocycles.